The number of amides is 1. The number of carbonyl (C=O) groups excluding carboxylic acids is 1. The molecule has 0 bridgehead atoms. The van der Waals surface area contributed by atoms with Gasteiger partial charge in [0.2, 0.25) is 5.91 Å². The van der Waals surface area contributed by atoms with Crippen molar-refractivity contribution in [2.45, 2.75) is 50.3 Å². The van der Waals surface area contributed by atoms with Crippen LogP contribution >= 0.6 is 12.4 Å². The lowest BCUT2D eigenvalue weighted by atomic mass is 9.85. The van der Waals surface area contributed by atoms with Crippen LogP contribution in [0.2, 0.25) is 0 Å². The van der Waals surface area contributed by atoms with Crippen molar-refractivity contribution in [3.63, 3.8) is 0 Å². The molecule has 6 heteroatoms. The summed E-state index contributed by atoms with van der Waals surface area (Å²) < 4.78 is 18.9. The Labute approximate surface area is 154 Å². The Hall–Kier alpha value is -1.17. The van der Waals surface area contributed by atoms with Crippen LogP contribution in [0.5, 0.6) is 0 Å². The van der Waals surface area contributed by atoms with Gasteiger partial charge < -0.3 is 15.0 Å². The van der Waals surface area contributed by atoms with E-state index in [-0.39, 0.29) is 36.3 Å². The Bertz CT molecular complexity index is 584. The van der Waals surface area contributed by atoms with Crippen LogP contribution in [-0.2, 0) is 9.53 Å². The third kappa shape index (κ3) is 3.99. The lowest BCUT2D eigenvalue weighted by Crippen LogP contribution is -2.50. The van der Waals surface area contributed by atoms with E-state index in [9.17, 15) is 9.18 Å². The molecule has 0 spiro atoms. The Morgan fingerprint density at radius 1 is 1.20 bits per heavy atom. The van der Waals surface area contributed by atoms with Crippen LogP contribution in [0, 0.1) is 11.7 Å². The van der Waals surface area contributed by atoms with E-state index in [2.05, 4.69) is 5.32 Å². The number of nitrogens with zero attached hydrogens (tertiary/aromatic N) is 1. The van der Waals surface area contributed by atoms with E-state index in [1.54, 1.807) is 12.1 Å². The van der Waals surface area contributed by atoms with E-state index in [0.717, 1.165) is 12.0 Å². The molecule has 0 radical (unpaired) electrons. The summed E-state index contributed by atoms with van der Waals surface area (Å²) in [6, 6.07) is 6.88. The average Bonchev–Trinajstić information content (AvgIpc) is 3.06. The predicted octanol–water partition coefficient (Wildman–Crippen LogP) is 3.07. The molecule has 4 atom stereocenters. The lowest BCUT2D eigenvalue weighted by Gasteiger charge is -2.34. The van der Waals surface area contributed by atoms with Gasteiger partial charge in [-0.15, -0.1) is 12.4 Å². The summed E-state index contributed by atoms with van der Waals surface area (Å²) in [5.41, 5.74) is 0.932. The molecule has 1 aromatic carbocycles. The highest BCUT2D eigenvalue weighted by atomic mass is 35.5. The van der Waals surface area contributed by atoms with Crippen LogP contribution in [0.15, 0.2) is 24.3 Å². The highest BCUT2D eigenvalue weighted by Crippen LogP contribution is 2.34. The Morgan fingerprint density at radius 2 is 1.96 bits per heavy atom. The van der Waals surface area contributed by atoms with Crippen molar-refractivity contribution in [1.82, 2.24) is 10.2 Å². The summed E-state index contributed by atoms with van der Waals surface area (Å²) in [6.45, 7) is 1.73. The maximum atomic E-state index is 13.1. The smallest absolute Gasteiger partial charge is 0.239 e. The number of morpholine rings is 1. The SMILES string of the molecule is Cl.O=C(C1CC2CCCCC2N1)N1CCOC(c2ccc(F)cc2)C1. The maximum Gasteiger partial charge on any atom is 0.239 e. The molecule has 2 saturated heterocycles. The van der Waals surface area contributed by atoms with Gasteiger partial charge in [0.1, 0.15) is 11.9 Å². The number of carbonyl (C=O) groups is 1. The zero-order valence-corrected chi connectivity index (χ0v) is 15.1. The first-order chi connectivity index (χ1) is 11.7. The maximum absolute atomic E-state index is 13.1. The van der Waals surface area contributed by atoms with Gasteiger partial charge in [-0.05, 0) is 42.9 Å². The normalized spacial score (nSPS) is 32.0. The van der Waals surface area contributed by atoms with E-state index in [4.69, 9.17) is 4.74 Å². The number of hydrogen-bond donors (Lipinski definition) is 1. The Kier molecular flexibility index (Phi) is 5.97. The standard InChI is InChI=1S/C19H25FN2O2.ClH/c20-15-7-5-13(6-8-15)18-12-22(9-10-24-18)19(23)17-11-14-3-1-2-4-16(14)21-17;/h5-8,14,16-18,21H,1-4,9-12H2;1H. The van der Waals surface area contributed by atoms with Gasteiger partial charge in [0, 0.05) is 12.6 Å². The molecule has 1 saturated carbocycles. The van der Waals surface area contributed by atoms with Crippen LogP contribution in [-0.4, -0.2) is 42.6 Å². The molecular formula is C19H26ClFN2O2. The molecule has 4 nitrogen and oxygen atoms in total. The largest absolute Gasteiger partial charge is 0.370 e. The molecule has 3 fully saturated rings. The van der Waals surface area contributed by atoms with Crippen LogP contribution in [0.3, 0.4) is 0 Å². The first-order valence-corrected chi connectivity index (χ1v) is 9.12. The summed E-state index contributed by atoms with van der Waals surface area (Å²) in [6.07, 6.45) is 5.85. The minimum atomic E-state index is -0.250. The fraction of sp³-hybridized carbons (Fsp3) is 0.632. The zero-order valence-electron chi connectivity index (χ0n) is 14.3. The van der Waals surface area contributed by atoms with E-state index in [1.807, 2.05) is 4.90 Å². The van der Waals surface area contributed by atoms with E-state index < -0.39 is 0 Å². The zero-order chi connectivity index (χ0) is 16.5. The summed E-state index contributed by atoms with van der Waals surface area (Å²) in [7, 11) is 0. The minimum absolute atomic E-state index is 0. The molecule has 2 aliphatic heterocycles. The number of nitrogens with one attached hydrogen (secondary N) is 1. The van der Waals surface area contributed by atoms with E-state index in [1.165, 1.54) is 37.8 Å². The van der Waals surface area contributed by atoms with Crippen molar-refractivity contribution in [2.24, 2.45) is 5.92 Å². The molecule has 3 aliphatic rings. The fourth-order valence-corrected chi connectivity index (χ4v) is 4.46. The number of benzene rings is 1. The van der Waals surface area contributed by atoms with Crippen LogP contribution in [0.25, 0.3) is 0 Å². The number of ether oxygens (including phenoxy) is 1. The van der Waals surface area contributed by atoms with Gasteiger partial charge in [-0.2, -0.15) is 0 Å². The molecule has 25 heavy (non-hydrogen) atoms. The van der Waals surface area contributed by atoms with Gasteiger partial charge in [0.25, 0.3) is 0 Å². The fourth-order valence-electron chi connectivity index (χ4n) is 4.46. The number of fused-ring (bicyclic) bond motifs is 1. The number of hydrogen-bond acceptors (Lipinski definition) is 3. The van der Waals surface area contributed by atoms with Gasteiger partial charge in [-0.25, -0.2) is 4.39 Å². The quantitative estimate of drug-likeness (QED) is 0.872. The Balaban J connectivity index is 0.00000182. The predicted molar refractivity (Wildman–Crippen MR) is 96.2 cm³/mol. The van der Waals surface area contributed by atoms with Crippen molar-refractivity contribution in [1.29, 1.82) is 0 Å². The second kappa shape index (κ2) is 8.02. The van der Waals surface area contributed by atoms with Crippen molar-refractivity contribution >= 4 is 18.3 Å². The van der Waals surface area contributed by atoms with Gasteiger partial charge in [0.15, 0.2) is 0 Å². The van der Waals surface area contributed by atoms with Gasteiger partial charge in [0.05, 0.1) is 19.2 Å². The lowest BCUT2D eigenvalue weighted by molar-refractivity contribution is -0.141. The second-order valence-electron chi connectivity index (χ2n) is 7.30. The van der Waals surface area contributed by atoms with E-state index in [0.29, 0.717) is 31.7 Å². The molecule has 1 amide bonds. The second-order valence-corrected chi connectivity index (χ2v) is 7.30. The summed E-state index contributed by atoms with van der Waals surface area (Å²) in [5.74, 6) is 0.627. The summed E-state index contributed by atoms with van der Waals surface area (Å²) in [4.78, 5) is 14.8. The first-order valence-electron chi connectivity index (χ1n) is 9.12. The van der Waals surface area contributed by atoms with Crippen LogP contribution in [0.1, 0.15) is 43.8 Å². The molecule has 1 aliphatic carbocycles. The van der Waals surface area contributed by atoms with Crippen LogP contribution in [0.4, 0.5) is 4.39 Å². The van der Waals surface area contributed by atoms with Crippen molar-refractivity contribution < 1.29 is 13.9 Å². The summed E-state index contributed by atoms with van der Waals surface area (Å²) in [5, 5.41) is 3.57. The molecule has 138 valence electrons. The molecule has 1 aromatic rings. The Morgan fingerprint density at radius 3 is 2.72 bits per heavy atom. The molecule has 4 rings (SSSR count). The van der Waals surface area contributed by atoms with Crippen molar-refractivity contribution in [3.05, 3.63) is 35.6 Å². The highest BCUT2D eigenvalue weighted by Gasteiger charge is 2.40. The summed E-state index contributed by atoms with van der Waals surface area (Å²) >= 11 is 0. The molecule has 1 N–H and O–H groups in total. The highest BCUT2D eigenvalue weighted by molar-refractivity contribution is 5.85. The number of halogens is 2. The van der Waals surface area contributed by atoms with Crippen LogP contribution < -0.4 is 5.32 Å². The van der Waals surface area contributed by atoms with E-state index >= 15 is 0 Å². The molecule has 2 heterocycles. The molecular weight excluding hydrogens is 343 g/mol. The average molecular weight is 369 g/mol. The third-order valence-corrected chi connectivity index (χ3v) is 5.78. The number of rotatable bonds is 2. The first kappa shape index (κ1) is 18.6. The van der Waals surface area contributed by atoms with Crippen molar-refractivity contribution in [3.8, 4) is 0 Å². The van der Waals surface area contributed by atoms with Gasteiger partial charge in [-0.3, -0.25) is 4.79 Å². The third-order valence-electron chi connectivity index (χ3n) is 5.78. The molecule has 4 unspecified atom stereocenters. The minimum Gasteiger partial charge on any atom is -0.370 e. The van der Waals surface area contributed by atoms with Gasteiger partial charge in [-0.1, -0.05) is 25.0 Å². The topological polar surface area (TPSA) is 41.6 Å². The monoisotopic (exact) mass is 368 g/mol. The molecule has 0 aromatic heterocycles. The van der Waals surface area contributed by atoms with Gasteiger partial charge >= 0.3 is 0 Å². The van der Waals surface area contributed by atoms with Crippen molar-refractivity contribution in [2.75, 3.05) is 19.7 Å².